The van der Waals surface area contributed by atoms with Crippen molar-refractivity contribution in [2.75, 3.05) is 18.4 Å². The van der Waals surface area contributed by atoms with E-state index in [9.17, 15) is 8.42 Å². The summed E-state index contributed by atoms with van der Waals surface area (Å²) in [6.07, 6.45) is 5.14. The molecule has 1 aromatic heterocycles. The van der Waals surface area contributed by atoms with Gasteiger partial charge in [-0.05, 0) is 60.2 Å². The van der Waals surface area contributed by atoms with Gasteiger partial charge in [0.15, 0.2) is 0 Å². The van der Waals surface area contributed by atoms with Crippen molar-refractivity contribution in [1.29, 1.82) is 0 Å². The largest absolute Gasteiger partial charge is 0.367 e. The number of hydrogen-bond acceptors (Lipinski definition) is 4. The molecule has 2 fully saturated rings. The average Bonchev–Trinajstić information content (AvgIpc) is 3.28. The second-order valence-electron chi connectivity index (χ2n) is 5.88. The summed E-state index contributed by atoms with van der Waals surface area (Å²) in [6, 6.07) is 2.31. The van der Waals surface area contributed by atoms with Crippen molar-refractivity contribution >= 4 is 31.8 Å². The highest BCUT2D eigenvalue weighted by atomic mass is 79.9. The minimum Gasteiger partial charge on any atom is -0.367 e. The number of pyridine rings is 1. The smallest absolute Gasteiger partial charge is 0.216 e. The average molecular weight is 374 g/mol. The van der Waals surface area contributed by atoms with Crippen molar-refractivity contribution in [1.82, 2.24) is 9.29 Å². The lowest BCUT2D eigenvalue weighted by Crippen LogP contribution is -2.43. The van der Waals surface area contributed by atoms with Crippen LogP contribution in [0.4, 0.5) is 5.82 Å². The second-order valence-corrected chi connectivity index (χ2v) is 8.95. The van der Waals surface area contributed by atoms with E-state index in [-0.39, 0.29) is 5.25 Å². The van der Waals surface area contributed by atoms with Crippen LogP contribution < -0.4 is 5.32 Å². The second kappa shape index (κ2) is 5.85. The number of hydrogen-bond donors (Lipinski definition) is 1. The molecule has 5 nitrogen and oxygen atoms in total. The van der Waals surface area contributed by atoms with Gasteiger partial charge in [-0.2, -0.15) is 0 Å². The zero-order chi connectivity index (χ0) is 15.0. The minimum atomic E-state index is -3.01. The van der Waals surface area contributed by atoms with Crippen LogP contribution in [-0.4, -0.2) is 42.1 Å². The fourth-order valence-electron chi connectivity index (χ4n) is 2.66. The summed E-state index contributed by atoms with van der Waals surface area (Å²) in [6.45, 7) is 3.26. The molecule has 3 rings (SSSR count). The molecular formula is C14H20BrN3O2S. The summed E-state index contributed by atoms with van der Waals surface area (Å²) in [5.41, 5.74) is 1.14. The standard InChI is InChI=1S/C14H20BrN3O2S/c1-10-8-14(16-9-13(10)15)17-11-4-6-18(7-5-11)21(19,20)12-2-3-12/h8-9,11-12H,2-7H2,1H3,(H,16,17). The molecule has 0 spiro atoms. The van der Waals surface area contributed by atoms with Crippen LogP contribution in [0.2, 0.25) is 0 Å². The number of nitrogens with one attached hydrogen (secondary N) is 1. The summed E-state index contributed by atoms with van der Waals surface area (Å²) in [5.74, 6) is 0.860. The Bertz CT molecular complexity index is 623. The van der Waals surface area contributed by atoms with Crippen LogP contribution in [0.1, 0.15) is 31.2 Å². The lowest BCUT2D eigenvalue weighted by molar-refractivity contribution is 0.329. The van der Waals surface area contributed by atoms with Gasteiger partial charge in [-0.15, -0.1) is 0 Å². The highest BCUT2D eigenvalue weighted by Crippen LogP contribution is 2.32. The first-order valence-corrected chi connectivity index (χ1v) is 9.64. The van der Waals surface area contributed by atoms with Crippen LogP contribution >= 0.6 is 15.9 Å². The molecule has 1 aliphatic carbocycles. The van der Waals surface area contributed by atoms with Crippen molar-refractivity contribution in [3.63, 3.8) is 0 Å². The molecule has 2 aliphatic rings. The number of piperidine rings is 1. The van der Waals surface area contributed by atoms with Gasteiger partial charge >= 0.3 is 0 Å². The summed E-state index contributed by atoms with van der Waals surface area (Å²) in [7, 11) is -3.01. The number of anilines is 1. The van der Waals surface area contributed by atoms with Crippen LogP contribution in [0.5, 0.6) is 0 Å². The van der Waals surface area contributed by atoms with E-state index >= 15 is 0 Å². The molecule has 21 heavy (non-hydrogen) atoms. The van der Waals surface area contributed by atoms with Gasteiger partial charge < -0.3 is 5.32 Å². The predicted octanol–water partition coefficient (Wildman–Crippen LogP) is 2.52. The summed E-state index contributed by atoms with van der Waals surface area (Å²) >= 11 is 3.44. The first-order chi connectivity index (χ1) is 9.96. The molecule has 7 heteroatoms. The van der Waals surface area contributed by atoms with Crippen LogP contribution in [0, 0.1) is 6.92 Å². The van der Waals surface area contributed by atoms with E-state index < -0.39 is 10.0 Å². The Balaban J connectivity index is 1.57. The molecule has 0 bridgehead atoms. The first kappa shape index (κ1) is 15.2. The Hall–Kier alpha value is -0.660. The normalized spacial score (nSPS) is 21.4. The zero-order valence-electron chi connectivity index (χ0n) is 12.0. The monoisotopic (exact) mass is 373 g/mol. The third-order valence-electron chi connectivity index (χ3n) is 4.16. The number of aromatic nitrogens is 1. The fourth-order valence-corrected chi connectivity index (χ4v) is 4.75. The lowest BCUT2D eigenvalue weighted by Gasteiger charge is -2.32. The molecule has 1 aromatic rings. The maximum absolute atomic E-state index is 12.2. The fraction of sp³-hybridized carbons (Fsp3) is 0.643. The maximum Gasteiger partial charge on any atom is 0.216 e. The van der Waals surface area contributed by atoms with Crippen LogP contribution in [0.25, 0.3) is 0 Å². The Kier molecular flexibility index (Phi) is 4.25. The van der Waals surface area contributed by atoms with Crippen molar-refractivity contribution in [3.8, 4) is 0 Å². The van der Waals surface area contributed by atoms with E-state index in [1.54, 1.807) is 10.5 Å². The first-order valence-electron chi connectivity index (χ1n) is 7.34. The number of nitrogens with zero attached hydrogens (tertiary/aromatic N) is 2. The molecule has 0 amide bonds. The summed E-state index contributed by atoms with van der Waals surface area (Å²) < 4.78 is 27.0. The molecule has 0 atom stereocenters. The lowest BCUT2D eigenvalue weighted by atomic mass is 10.1. The minimum absolute atomic E-state index is 0.0993. The van der Waals surface area contributed by atoms with Crippen LogP contribution in [-0.2, 0) is 10.0 Å². The van der Waals surface area contributed by atoms with E-state index in [2.05, 4.69) is 26.2 Å². The molecule has 0 aromatic carbocycles. The zero-order valence-corrected chi connectivity index (χ0v) is 14.5. The van der Waals surface area contributed by atoms with Gasteiger partial charge in [-0.1, -0.05) is 0 Å². The van der Waals surface area contributed by atoms with E-state index in [0.29, 0.717) is 19.1 Å². The molecule has 1 saturated heterocycles. The Morgan fingerprint density at radius 2 is 1.95 bits per heavy atom. The molecule has 1 saturated carbocycles. The van der Waals surface area contributed by atoms with Gasteiger partial charge in [0.05, 0.1) is 5.25 Å². The van der Waals surface area contributed by atoms with Gasteiger partial charge in [0.25, 0.3) is 0 Å². The van der Waals surface area contributed by atoms with Gasteiger partial charge in [-0.3, -0.25) is 0 Å². The highest BCUT2D eigenvalue weighted by Gasteiger charge is 2.41. The van der Waals surface area contributed by atoms with Gasteiger partial charge in [-0.25, -0.2) is 17.7 Å². The van der Waals surface area contributed by atoms with Gasteiger partial charge in [0.1, 0.15) is 5.82 Å². The predicted molar refractivity (Wildman–Crippen MR) is 86.8 cm³/mol. The van der Waals surface area contributed by atoms with E-state index in [1.165, 1.54) is 0 Å². The number of rotatable bonds is 4. The Labute approximate surface area is 134 Å². The Morgan fingerprint density at radius 3 is 2.52 bits per heavy atom. The van der Waals surface area contributed by atoms with Crippen molar-refractivity contribution in [2.45, 2.75) is 43.9 Å². The molecule has 116 valence electrons. The molecule has 0 unspecified atom stereocenters. The number of aryl methyl sites for hydroxylation is 1. The van der Waals surface area contributed by atoms with Crippen molar-refractivity contribution in [2.24, 2.45) is 0 Å². The van der Waals surface area contributed by atoms with E-state index in [0.717, 1.165) is 41.5 Å². The molecule has 0 radical (unpaired) electrons. The van der Waals surface area contributed by atoms with E-state index in [1.807, 2.05) is 13.0 Å². The number of sulfonamides is 1. The third-order valence-corrected chi connectivity index (χ3v) is 7.39. The highest BCUT2D eigenvalue weighted by molar-refractivity contribution is 9.10. The summed E-state index contributed by atoms with van der Waals surface area (Å²) in [5, 5.41) is 3.31. The SMILES string of the molecule is Cc1cc(NC2CCN(S(=O)(=O)C3CC3)CC2)ncc1Br. The Morgan fingerprint density at radius 1 is 1.29 bits per heavy atom. The van der Waals surface area contributed by atoms with Gasteiger partial charge in [0, 0.05) is 29.8 Å². The van der Waals surface area contributed by atoms with Crippen molar-refractivity contribution in [3.05, 3.63) is 22.3 Å². The quantitative estimate of drug-likeness (QED) is 0.880. The summed E-state index contributed by atoms with van der Waals surface area (Å²) in [4.78, 5) is 4.35. The van der Waals surface area contributed by atoms with E-state index in [4.69, 9.17) is 0 Å². The molecule has 1 aliphatic heterocycles. The number of halogens is 1. The van der Waals surface area contributed by atoms with Crippen LogP contribution in [0.15, 0.2) is 16.7 Å². The third kappa shape index (κ3) is 3.40. The van der Waals surface area contributed by atoms with Crippen LogP contribution in [0.3, 0.4) is 0 Å². The maximum atomic E-state index is 12.2. The van der Waals surface area contributed by atoms with Crippen molar-refractivity contribution < 1.29 is 8.42 Å². The molecule has 2 heterocycles. The van der Waals surface area contributed by atoms with Gasteiger partial charge in [0.2, 0.25) is 10.0 Å². The topological polar surface area (TPSA) is 62.3 Å². The molecule has 1 N–H and O–H groups in total. The molecular weight excluding hydrogens is 354 g/mol.